The largest absolute Gasteiger partial charge is 0.493 e. The Morgan fingerprint density at radius 3 is 3.06 bits per heavy atom. The Kier molecular flexibility index (Phi) is 5.48. The zero-order valence-corrected chi connectivity index (χ0v) is 18.5. The number of rotatable bonds is 4. The molecule has 3 aromatic rings. The van der Waals surface area contributed by atoms with E-state index in [1.807, 2.05) is 24.0 Å². The number of carbonyl (C=O) groups excluding carboxylic acids is 2. The molecule has 32 heavy (non-hydrogen) atoms. The zero-order chi connectivity index (χ0) is 22.1. The monoisotopic (exact) mass is 449 g/mol. The summed E-state index contributed by atoms with van der Waals surface area (Å²) in [5.41, 5.74) is 4.16. The lowest BCUT2D eigenvalue weighted by atomic mass is 10.0. The number of piperazine rings is 1. The van der Waals surface area contributed by atoms with Gasteiger partial charge in [-0.15, -0.1) is 11.3 Å². The molecule has 9 heteroatoms. The van der Waals surface area contributed by atoms with Crippen LogP contribution in [-0.4, -0.2) is 48.0 Å². The molecule has 2 aliphatic rings. The molecule has 2 aliphatic heterocycles. The van der Waals surface area contributed by atoms with Gasteiger partial charge >= 0.3 is 0 Å². The van der Waals surface area contributed by atoms with Gasteiger partial charge in [0, 0.05) is 35.4 Å². The summed E-state index contributed by atoms with van der Waals surface area (Å²) < 4.78 is 5.70. The summed E-state index contributed by atoms with van der Waals surface area (Å²) in [7, 11) is 0. The second-order valence-corrected chi connectivity index (χ2v) is 9.03. The summed E-state index contributed by atoms with van der Waals surface area (Å²) in [5, 5.41) is 6.20. The lowest BCUT2D eigenvalue weighted by molar-refractivity contribution is -0.120. The van der Waals surface area contributed by atoms with Gasteiger partial charge in [0.1, 0.15) is 11.4 Å². The fraction of sp³-hybridized carbons (Fsp3) is 0.304. The molecule has 4 heterocycles. The number of benzene rings is 1. The number of amides is 2. The molecule has 2 aromatic heterocycles. The topological polar surface area (TPSA) is 96.5 Å². The standard InChI is InChI=1S/C23H23N5O3S/c1-14-21(16-4-5-19-15(11-16)3-2-10-31-19)26-23(32-14)27-22(30)18-12-17(6-7-24-18)28-9-8-25-20(29)13-28/h4-7,11-12H,2-3,8-10,13H2,1H3,(H,25,29)(H,26,27,30). The predicted octanol–water partition coefficient (Wildman–Crippen LogP) is 3.03. The number of aryl methyl sites for hydroxylation is 2. The highest BCUT2D eigenvalue weighted by Crippen LogP contribution is 2.34. The van der Waals surface area contributed by atoms with Gasteiger partial charge in [-0.3, -0.25) is 19.9 Å². The van der Waals surface area contributed by atoms with Gasteiger partial charge in [0.2, 0.25) is 5.91 Å². The Morgan fingerprint density at radius 1 is 1.28 bits per heavy atom. The molecule has 2 N–H and O–H groups in total. The van der Waals surface area contributed by atoms with Crippen LogP contribution in [0.1, 0.15) is 27.3 Å². The third kappa shape index (κ3) is 4.16. The Hall–Kier alpha value is -3.46. The van der Waals surface area contributed by atoms with Crippen molar-refractivity contribution < 1.29 is 14.3 Å². The van der Waals surface area contributed by atoms with Crippen LogP contribution in [0.15, 0.2) is 36.5 Å². The van der Waals surface area contributed by atoms with E-state index in [2.05, 4.69) is 26.7 Å². The highest BCUT2D eigenvalue weighted by atomic mass is 32.1. The highest BCUT2D eigenvalue weighted by molar-refractivity contribution is 7.16. The van der Waals surface area contributed by atoms with Gasteiger partial charge in [-0.1, -0.05) is 0 Å². The molecule has 1 aromatic carbocycles. The van der Waals surface area contributed by atoms with Gasteiger partial charge in [-0.05, 0) is 55.7 Å². The van der Waals surface area contributed by atoms with Crippen molar-refractivity contribution in [2.45, 2.75) is 19.8 Å². The van der Waals surface area contributed by atoms with Crippen LogP contribution in [0.2, 0.25) is 0 Å². The first-order chi connectivity index (χ1) is 15.6. The van der Waals surface area contributed by atoms with Crippen molar-refractivity contribution in [1.82, 2.24) is 15.3 Å². The smallest absolute Gasteiger partial charge is 0.276 e. The van der Waals surface area contributed by atoms with Crippen LogP contribution in [0, 0.1) is 6.92 Å². The van der Waals surface area contributed by atoms with E-state index < -0.39 is 0 Å². The van der Waals surface area contributed by atoms with Crippen LogP contribution in [-0.2, 0) is 11.2 Å². The van der Waals surface area contributed by atoms with E-state index in [0.29, 0.717) is 18.2 Å². The van der Waals surface area contributed by atoms with Crippen molar-refractivity contribution in [3.05, 3.63) is 52.7 Å². The molecule has 8 nitrogen and oxygen atoms in total. The van der Waals surface area contributed by atoms with E-state index in [4.69, 9.17) is 4.74 Å². The summed E-state index contributed by atoms with van der Waals surface area (Å²) in [6.45, 7) is 4.31. The van der Waals surface area contributed by atoms with E-state index in [1.165, 1.54) is 16.9 Å². The van der Waals surface area contributed by atoms with Crippen LogP contribution in [0.3, 0.4) is 0 Å². The van der Waals surface area contributed by atoms with Gasteiger partial charge in [0.15, 0.2) is 5.13 Å². The first-order valence-corrected chi connectivity index (χ1v) is 11.4. The lowest BCUT2D eigenvalue weighted by Crippen LogP contribution is -2.47. The van der Waals surface area contributed by atoms with E-state index >= 15 is 0 Å². The van der Waals surface area contributed by atoms with E-state index in [0.717, 1.165) is 47.0 Å². The first-order valence-electron chi connectivity index (χ1n) is 10.6. The van der Waals surface area contributed by atoms with Crippen LogP contribution in [0.5, 0.6) is 5.75 Å². The maximum Gasteiger partial charge on any atom is 0.276 e. The normalized spacial score (nSPS) is 15.5. The third-order valence-electron chi connectivity index (χ3n) is 5.58. The van der Waals surface area contributed by atoms with E-state index in [9.17, 15) is 9.59 Å². The summed E-state index contributed by atoms with van der Waals surface area (Å²) in [6.07, 6.45) is 3.60. The number of ether oxygens (including phenoxy) is 1. The quantitative estimate of drug-likeness (QED) is 0.636. The average molecular weight is 450 g/mol. The van der Waals surface area contributed by atoms with Crippen LogP contribution in [0.25, 0.3) is 11.3 Å². The van der Waals surface area contributed by atoms with Gasteiger partial charge in [-0.2, -0.15) is 0 Å². The van der Waals surface area contributed by atoms with Crippen LogP contribution < -0.4 is 20.3 Å². The number of carbonyl (C=O) groups is 2. The first kappa shape index (κ1) is 20.4. The maximum atomic E-state index is 12.8. The van der Waals surface area contributed by atoms with Crippen molar-refractivity contribution in [1.29, 1.82) is 0 Å². The number of nitrogens with zero attached hydrogens (tertiary/aromatic N) is 3. The Balaban J connectivity index is 1.33. The molecular formula is C23H23N5O3S. The number of aromatic nitrogens is 2. The van der Waals surface area contributed by atoms with Crippen LogP contribution in [0.4, 0.5) is 10.8 Å². The SMILES string of the molecule is Cc1sc(NC(=O)c2cc(N3CCNC(=O)C3)ccn2)nc1-c1ccc2c(c1)CCCO2. The summed E-state index contributed by atoms with van der Waals surface area (Å²) in [4.78, 5) is 36.4. The molecule has 5 rings (SSSR count). The van der Waals surface area contributed by atoms with Gasteiger partial charge in [0.05, 0.1) is 18.8 Å². The maximum absolute atomic E-state index is 12.8. The number of pyridine rings is 1. The van der Waals surface area contributed by atoms with E-state index in [-0.39, 0.29) is 24.1 Å². The molecule has 164 valence electrons. The van der Waals surface area contributed by atoms with Gasteiger partial charge in [-0.25, -0.2) is 4.98 Å². The zero-order valence-electron chi connectivity index (χ0n) is 17.7. The second kappa shape index (κ2) is 8.58. The molecule has 0 saturated carbocycles. The molecule has 0 atom stereocenters. The minimum Gasteiger partial charge on any atom is -0.493 e. The Morgan fingerprint density at radius 2 is 2.19 bits per heavy atom. The number of fused-ring (bicyclic) bond motifs is 1. The Labute approximate surface area is 189 Å². The minimum atomic E-state index is -0.326. The summed E-state index contributed by atoms with van der Waals surface area (Å²) in [6, 6.07) is 9.65. The van der Waals surface area contributed by atoms with Crippen molar-refractivity contribution in [2.75, 3.05) is 36.5 Å². The molecule has 0 bridgehead atoms. The van der Waals surface area contributed by atoms with Gasteiger partial charge in [0.25, 0.3) is 5.91 Å². The van der Waals surface area contributed by atoms with E-state index in [1.54, 1.807) is 18.3 Å². The second-order valence-electron chi connectivity index (χ2n) is 7.82. The predicted molar refractivity (Wildman–Crippen MR) is 124 cm³/mol. The summed E-state index contributed by atoms with van der Waals surface area (Å²) >= 11 is 1.44. The molecule has 1 saturated heterocycles. The third-order valence-corrected chi connectivity index (χ3v) is 6.46. The summed E-state index contributed by atoms with van der Waals surface area (Å²) in [5.74, 6) is 0.588. The van der Waals surface area contributed by atoms with Gasteiger partial charge < -0.3 is 15.0 Å². The molecule has 2 amide bonds. The number of hydrogen-bond acceptors (Lipinski definition) is 7. The fourth-order valence-electron chi connectivity index (χ4n) is 3.99. The highest BCUT2D eigenvalue weighted by Gasteiger charge is 2.20. The van der Waals surface area contributed by atoms with Crippen molar-refractivity contribution >= 4 is 34.0 Å². The van der Waals surface area contributed by atoms with Crippen molar-refractivity contribution in [3.63, 3.8) is 0 Å². The average Bonchev–Trinajstić information content (AvgIpc) is 3.18. The molecule has 0 unspecified atom stereocenters. The van der Waals surface area contributed by atoms with Crippen LogP contribution >= 0.6 is 11.3 Å². The minimum absolute atomic E-state index is 0.0291. The van der Waals surface area contributed by atoms with Crippen molar-refractivity contribution in [2.24, 2.45) is 0 Å². The number of thiazole rings is 1. The number of nitrogens with one attached hydrogen (secondary N) is 2. The van der Waals surface area contributed by atoms with Crippen molar-refractivity contribution in [3.8, 4) is 17.0 Å². The molecular weight excluding hydrogens is 426 g/mol. The lowest BCUT2D eigenvalue weighted by Gasteiger charge is -2.28. The Bertz CT molecular complexity index is 1190. The fourth-order valence-corrected chi connectivity index (χ4v) is 4.82. The molecule has 0 aliphatic carbocycles. The number of anilines is 2. The molecule has 0 radical (unpaired) electrons. The number of hydrogen-bond donors (Lipinski definition) is 2. The molecule has 0 spiro atoms. The molecule has 1 fully saturated rings.